The van der Waals surface area contributed by atoms with E-state index in [1.165, 1.54) is 0 Å². The summed E-state index contributed by atoms with van der Waals surface area (Å²) in [6, 6.07) is 7.75. The van der Waals surface area contributed by atoms with Crippen LogP contribution in [0, 0.1) is 0 Å². The zero-order valence-electron chi connectivity index (χ0n) is 8.62. The molecule has 1 aromatic carbocycles. The Morgan fingerprint density at radius 1 is 1.53 bits per heavy atom. The third-order valence-corrected chi connectivity index (χ3v) is 3.34. The van der Waals surface area contributed by atoms with Crippen LogP contribution in [0.2, 0.25) is 0 Å². The van der Waals surface area contributed by atoms with Gasteiger partial charge < -0.3 is 4.74 Å². The summed E-state index contributed by atoms with van der Waals surface area (Å²) in [5.41, 5.74) is 0.301. The lowest BCUT2D eigenvalue weighted by Gasteiger charge is -2.23. The van der Waals surface area contributed by atoms with Crippen molar-refractivity contribution in [3.63, 3.8) is 0 Å². The van der Waals surface area contributed by atoms with Crippen LogP contribution in [-0.2, 0) is 0 Å². The van der Waals surface area contributed by atoms with Crippen LogP contribution in [0.15, 0.2) is 24.3 Å². The minimum Gasteiger partial charge on any atom is -0.490 e. The van der Waals surface area contributed by atoms with Gasteiger partial charge in [-0.3, -0.25) is 10.1 Å². The third-order valence-electron chi connectivity index (χ3n) is 3.34. The van der Waals surface area contributed by atoms with Crippen molar-refractivity contribution in [1.29, 1.82) is 0 Å². The van der Waals surface area contributed by atoms with Crippen LogP contribution in [0.3, 0.4) is 0 Å². The Kier molecular flexibility index (Phi) is 1.68. The molecule has 0 amide bonds. The van der Waals surface area contributed by atoms with Gasteiger partial charge in [0.05, 0.1) is 5.56 Å². The van der Waals surface area contributed by atoms with E-state index in [1.807, 2.05) is 24.3 Å². The molecule has 2 heterocycles. The molecule has 0 aromatic heterocycles. The van der Waals surface area contributed by atoms with Crippen molar-refractivity contribution in [2.24, 2.45) is 0 Å². The summed E-state index contributed by atoms with van der Waals surface area (Å²) >= 11 is 0. The van der Waals surface area contributed by atoms with Gasteiger partial charge in [0, 0.05) is 6.04 Å². The predicted octanol–water partition coefficient (Wildman–Crippen LogP) is 1.38. The molecule has 1 fully saturated rings. The normalized spacial score (nSPS) is 32.3. The molecule has 0 unspecified atom stereocenters. The zero-order valence-corrected chi connectivity index (χ0v) is 8.62. The Balaban J connectivity index is 2.01. The lowest BCUT2D eigenvalue weighted by Crippen LogP contribution is -2.40. The Morgan fingerprint density at radius 2 is 2.33 bits per heavy atom. The number of hydrogen-bond acceptors (Lipinski definition) is 3. The molecule has 3 heteroatoms. The van der Waals surface area contributed by atoms with Crippen LogP contribution in [0.5, 0.6) is 5.75 Å². The first-order chi connectivity index (χ1) is 7.28. The third kappa shape index (κ3) is 1.07. The highest BCUT2D eigenvalue weighted by atomic mass is 16.5. The Morgan fingerprint density at radius 3 is 3.07 bits per heavy atom. The van der Waals surface area contributed by atoms with Crippen molar-refractivity contribution in [2.45, 2.75) is 24.9 Å². The van der Waals surface area contributed by atoms with E-state index in [2.05, 4.69) is 12.2 Å². The van der Waals surface area contributed by atoms with Gasteiger partial charge in [-0.15, -0.1) is 0 Å². The van der Waals surface area contributed by atoms with Gasteiger partial charge in [-0.25, -0.2) is 0 Å². The first kappa shape index (κ1) is 8.92. The smallest absolute Gasteiger partial charge is 0.191 e. The number of benzene rings is 1. The van der Waals surface area contributed by atoms with Gasteiger partial charge in [0.25, 0.3) is 0 Å². The fraction of sp³-hybridized carbons (Fsp3) is 0.417. The van der Waals surface area contributed by atoms with Gasteiger partial charge in [0.2, 0.25) is 0 Å². The summed E-state index contributed by atoms with van der Waals surface area (Å²) in [6.07, 6.45) is 0.970. The van der Waals surface area contributed by atoms with Crippen molar-refractivity contribution in [3.05, 3.63) is 29.8 Å². The van der Waals surface area contributed by atoms with E-state index in [1.54, 1.807) is 0 Å². The van der Waals surface area contributed by atoms with Crippen LogP contribution >= 0.6 is 0 Å². The van der Waals surface area contributed by atoms with E-state index in [0.29, 0.717) is 18.2 Å². The molecule has 0 radical (unpaired) electrons. The highest BCUT2D eigenvalue weighted by Gasteiger charge is 2.61. The first-order valence-corrected chi connectivity index (χ1v) is 5.32. The van der Waals surface area contributed by atoms with Crippen LogP contribution in [0.1, 0.15) is 23.7 Å². The maximum Gasteiger partial charge on any atom is 0.191 e. The average Bonchev–Trinajstić information content (AvgIpc) is 2.99. The molecule has 1 aromatic rings. The van der Waals surface area contributed by atoms with Crippen molar-refractivity contribution in [1.82, 2.24) is 5.32 Å². The fourth-order valence-corrected chi connectivity index (χ4v) is 2.36. The molecule has 15 heavy (non-hydrogen) atoms. The van der Waals surface area contributed by atoms with E-state index < -0.39 is 5.54 Å². The lowest BCUT2D eigenvalue weighted by molar-refractivity contribution is 0.0865. The molecule has 1 spiro atoms. The quantitative estimate of drug-likeness (QED) is 0.701. The average molecular weight is 203 g/mol. The van der Waals surface area contributed by atoms with Crippen molar-refractivity contribution in [2.75, 3.05) is 6.61 Å². The molecule has 2 aliphatic rings. The number of rotatable bonds is 1. The van der Waals surface area contributed by atoms with Crippen LogP contribution < -0.4 is 10.1 Å². The molecule has 0 bridgehead atoms. The number of ketones is 1. The number of hydrogen-bond donors (Lipinski definition) is 1. The number of nitrogens with one attached hydrogen (secondary N) is 1. The van der Waals surface area contributed by atoms with E-state index in [-0.39, 0.29) is 5.78 Å². The molecule has 78 valence electrons. The van der Waals surface area contributed by atoms with E-state index in [9.17, 15) is 4.79 Å². The zero-order chi connectivity index (χ0) is 10.5. The SMILES string of the molecule is CC[C@@H]1N[C@@]12COc1ccccc1C2=O. The topological polar surface area (TPSA) is 48.2 Å². The van der Waals surface area contributed by atoms with Crippen LogP contribution in [-0.4, -0.2) is 24.0 Å². The maximum atomic E-state index is 12.2. The molecule has 2 aliphatic heterocycles. The van der Waals surface area contributed by atoms with Crippen molar-refractivity contribution in [3.8, 4) is 5.75 Å². The van der Waals surface area contributed by atoms with E-state index in [0.717, 1.165) is 12.2 Å². The first-order valence-electron chi connectivity index (χ1n) is 5.32. The van der Waals surface area contributed by atoms with Gasteiger partial charge in [-0.2, -0.15) is 0 Å². The number of carbonyl (C=O) groups excluding carboxylic acids is 1. The summed E-state index contributed by atoms with van der Waals surface area (Å²) in [7, 11) is 0. The second-order valence-electron chi connectivity index (χ2n) is 4.19. The number of fused-ring (bicyclic) bond motifs is 1. The summed E-state index contributed by atoms with van der Waals surface area (Å²) in [4.78, 5) is 12.2. The fourth-order valence-electron chi connectivity index (χ4n) is 2.36. The second-order valence-corrected chi connectivity index (χ2v) is 4.19. The van der Waals surface area contributed by atoms with Gasteiger partial charge >= 0.3 is 0 Å². The Hall–Kier alpha value is -1.35. The largest absolute Gasteiger partial charge is 0.490 e. The summed E-state index contributed by atoms with van der Waals surface area (Å²) in [6.45, 7) is 2.56. The summed E-state index contributed by atoms with van der Waals surface area (Å²) in [5, 5.41) is 3.25. The Labute approximate surface area is 88.4 Å². The number of carbonyl (C=O) groups is 1. The predicted molar refractivity (Wildman–Crippen MR) is 56.2 cm³/mol. The minimum atomic E-state index is -0.414. The number of para-hydroxylation sites is 1. The monoisotopic (exact) mass is 203 g/mol. The summed E-state index contributed by atoms with van der Waals surface area (Å²) < 4.78 is 5.62. The standard InChI is InChI=1S/C12H13NO2/c1-2-10-12(13-10)7-15-9-6-4-3-5-8(9)11(12)14/h3-6,10,13H,2,7H2,1H3/t10-,12-/m0/s1. The van der Waals surface area contributed by atoms with Crippen LogP contribution in [0.25, 0.3) is 0 Å². The van der Waals surface area contributed by atoms with Gasteiger partial charge in [-0.1, -0.05) is 19.1 Å². The molecule has 3 rings (SSSR count). The molecular formula is C12H13NO2. The Bertz CT molecular complexity index is 429. The highest BCUT2D eigenvalue weighted by molar-refractivity contribution is 6.09. The summed E-state index contributed by atoms with van der Waals surface area (Å²) in [5.74, 6) is 0.910. The molecule has 1 N–H and O–H groups in total. The number of Topliss-reactive ketones (excluding diaryl/α,β-unsaturated/α-hetero) is 1. The van der Waals surface area contributed by atoms with Crippen molar-refractivity contribution >= 4 is 5.78 Å². The molecule has 1 saturated heterocycles. The molecule has 0 saturated carbocycles. The van der Waals surface area contributed by atoms with Crippen molar-refractivity contribution < 1.29 is 9.53 Å². The van der Waals surface area contributed by atoms with E-state index >= 15 is 0 Å². The molecule has 3 nitrogen and oxygen atoms in total. The minimum absolute atomic E-state index is 0.191. The van der Waals surface area contributed by atoms with Gasteiger partial charge in [-0.05, 0) is 18.6 Å². The number of ether oxygens (including phenoxy) is 1. The molecule has 2 atom stereocenters. The van der Waals surface area contributed by atoms with Gasteiger partial charge in [0.15, 0.2) is 5.78 Å². The second kappa shape index (κ2) is 2.83. The lowest BCUT2D eigenvalue weighted by atomic mass is 9.91. The maximum absolute atomic E-state index is 12.2. The molecular weight excluding hydrogens is 190 g/mol. The van der Waals surface area contributed by atoms with Gasteiger partial charge in [0.1, 0.15) is 17.9 Å². The van der Waals surface area contributed by atoms with E-state index in [4.69, 9.17) is 4.74 Å². The van der Waals surface area contributed by atoms with Crippen LogP contribution in [0.4, 0.5) is 0 Å². The highest BCUT2D eigenvalue weighted by Crippen LogP contribution is 2.39. The molecule has 0 aliphatic carbocycles.